The summed E-state index contributed by atoms with van der Waals surface area (Å²) < 4.78 is 8.75. The third-order valence-corrected chi connectivity index (χ3v) is 1.34. The third kappa shape index (κ3) is 10.2. The summed E-state index contributed by atoms with van der Waals surface area (Å²) >= 11 is 0. The molecule has 5 N–H and O–H groups in total. The molecule has 0 saturated heterocycles. The van der Waals surface area contributed by atoms with Crippen molar-refractivity contribution in [1.82, 2.24) is 10.6 Å². The molecule has 0 atom stereocenters. The lowest BCUT2D eigenvalue weighted by Gasteiger charge is -2.06. The van der Waals surface area contributed by atoms with E-state index in [4.69, 9.17) is 5.11 Å². The first-order chi connectivity index (χ1) is 8.41. The Hall–Kier alpha value is -2.36. The number of hydrogen-bond acceptors (Lipinski definition) is 6. The molecule has 0 bridgehead atoms. The zero-order valence-corrected chi connectivity index (χ0v) is 9.30. The smallest absolute Gasteiger partial charge is 0.404 e. The number of imide groups is 1. The molecule has 10 heteroatoms. The van der Waals surface area contributed by atoms with Crippen LogP contribution in [0.5, 0.6) is 0 Å². The zero-order valence-electron chi connectivity index (χ0n) is 9.30. The van der Waals surface area contributed by atoms with Gasteiger partial charge < -0.3 is 25.6 Å². The number of ether oxygens (including phenoxy) is 2. The predicted octanol–water partition coefficient (Wildman–Crippen LogP) is -1.99. The molecule has 0 fully saturated rings. The van der Waals surface area contributed by atoms with Crippen molar-refractivity contribution in [2.45, 2.75) is 0 Å². The third-order valence-electron chi connectivity index (χ3n) is 1.34. The van der Waals surface area contributed by atoms with Gasteiger partial charge in [-0.25, -0.2) is 14.4 Å². The number of primary amides is 1. The highest BCUT2D eigenvalue weighted by atomic mass is 16.5. The summed E-state index contributed by atoms with van der Waals surface area (Å²) in [4.78, 5) is 42.2. The minimum Gasteiger partial charge on any atom is -0.480 e. The molecule has 0 aliphatic carbocycles. The van der Waals surface area contributed by atoms with E-state index in [0.29, 0.717) is 0 Å². The van der Waals surface area contributed by atoms with Crippen molar-refractivity contribution >= 4 is 24.0 Å². The van der Waals surface area contributed by atoms with Crippen LogP contribution in [0.25, 0.3) is 0 Å². The normalized spacial score (nSPS) is 9.33. The van der Waals surface area contributed by atoms with Crippen molar-refractivity contribution in [1.29, 1.82) is 0 Å². The molecule has 0 radical (unpaired) electrons. The van der Waals surface area contributed by atoms with Gasteiger partial charge in [-0.15, -0.1) is 0 Å². The van der Waals surface area contributed by atoms with Crippen molar-refractivity contribution in [2.75, 3.05) is 26.4 Å². The van der Waals surface area contributed by atoms with Gasteiger partial charge in [0.2, 0.25) is 0 Å². The fraction of sp³-hybridized carbons (Fsp3) is 0.500. The highest BCUT2D eigenvalue weighted by Gasteiger charge is 2.08. The fourth-order valence-electron chi connectivity index (χ4n) is 0.754. The number of carboxylic acids is 1. The summed E-state index contributed by atoms with van der Waals surface area (Å²) in [5, 5.41) is 12.3. The molecular weight excluding hydrogens is 250 g/mol. The maximum Gasteiger partial charge on any atom is 0.404 e. The molecule has 0 aromatic heterocycles. The van der Waals surface area contributed by atoms with E-state index in [-0.39, 0.29) is 13.2 Å². The summed E-state index contributed by atoms with van der Waals surface area (Å²) in [6, 6.07) is -0.827. The van der Waals surface area contributed by atoms with Gasteiger partial charge in [-0.05, 0) is 0 Å². The van der Waals surface area contributed by atoms with Gasteiger partial charge in [-0.2, -0.15) is 0 Å². The van der Waals surface area contributed by atoms with Gasteiger partial charge in [-0.1, -0.05) is 0 Å². The van der Waals surface area contributed by atoms with E-state index in [9.17, 15) is 19.2 Å². The summed E-state index contributed by atoms with van der Waals surface area (Å²) in [7, 11) is 0. The molecule has 0 rings (SSSR count). The standard InChI is InChI=1S/C8H13N3O7/c9-7(15)18-2-1-10-8(16)11-5(12)3-17-4-6(13)14/h1-4H2,(H2,9,15)(H,13,14)(H2,10,11,12,16). The first-order valence-corrected chi connectivity index (χ1v) is 4.71. The monoisotopic (exact) mass is 263 g/mol. The van der Waals surface area contributed by atoms with Crippen molar-refractivity contribution in [3.8, 4) is 0 Å². The predicted molar refractivity (Wildman–Crippen MR) is 55.5 cm³/mol. The highest BCUT2D eigenvalue weighted by Crippen LogP contribution is 1.77. The van der Waals surface area contributed by atoms with Gasteiger partial charge >= 0.3 is 18.1 Å². The van der Waals surface area contributed by atoms with Gasteiger partial charge in [0.1, 0.15) is 19.8 Å². The molecular formula is C8H13N3O7. The Kier molecular flexibility index (Phi) is 7.61. The van der Waals surface area contributed by atoms with E-state index in [0.717, 1.165) is 0 Å². The van der Waals surface area contributed by atoms with Crippen LogP contribution in [0.2, 0.25) is 0 Å². The molecule has 0 unspecified atom stereocenters. The van der Waals surface area contributed by atoms with Crippen LogP contribution in [0, 0.1) is 0 Å². The lowest BCUT2D eigenvalue weighted by atomic mass is 10.6. The number of carbonyl (C=O) groups excluding carboxylic acids is 3. The topological polar surface area (TPSA) is 157 Å². The summed E-state index contributed by atoms with van der Waals surface area (Å²) in [6.07, 6.45) is -0.977. The number of carboxylic acid groups (broad SMARTS) is 1. The van der Waals surface area contributed by atoms with Gasteiger partial charge in [0, 0.05) is 0 Å². The Morgan fingerprint density at radius 1 is 1.17 bits per heavy atom. The molecule has 0 aliphatic heterocycles. The Balaban J connectivity index is 3.58. The number of urea groups is 1. The molecule has 0 aliphatic rings. The van der Waals surface area contributed by atoms with Crippen LogP contribution >= 0.6 is 0 Å². The van der Waals surface area contributed by atoms with Crippen LogP contribution in [0.1, 0.15) is 0 Å². The second kappa shape index (κ2) is 8.75. The molecule has 0 saturated carbocycles. The first kappa shape index (κ1) is 15.6. The van der Waals surface area contributed by atoms with E-state index >= 15 is 0 Å². The Labute approximate surface area is 101 Å². The Bertz CT molecular complexity index is 331. The van der Waals surface area contributed by atoms with Crippen molar-refractivity contribution in [2.24, 2.45) is 5.73 Å². The van der Waals surface area contributed by atoms with Crippen LogP contribution < -0.4 is 16.4 Å². The molecule has 0 spiro atoms. The quantitative estimate of drug-likeness (QED) is 0.387. The zero-order chi connectivity index (χ0) is 14.0. The van der Waals surface area contributed by atoms with E-state index < -0.39 is 37.2 Å². The number of carbonyl (C=O) groups is 4. The van der Waals surface area contributed by atoms with E-state index in [1.165, 1.54) is 0 Å². The maximum absolute atomic E-state index is 11.0. The van der Waals surface area contributed by atoms with Crippen molar-refractivity contribution in [3.63, 3.8) is 0 Å². The molecule has 102 valence electrons. The lowest BCUT2D eigenvalue weighted by molar-refractivity contribution is -0.143. The van der Waals surface area contributed by atoms with Gasteiger partial charge in [0.15, 0.2) is 0 Å². The van der Waals surface area contributed by atoms with Gasteiger partial charge in [-0.3, -0.25) is 10.1 Å². The molecule has 10 nitrogen and oxygen atoms in total. The molecule has 18 heavy (non-hydrogen) atoms. The summed E-state index contributed by atoms with van der Waals surface area (Å²) in [6.45, 7) is -1.36. The van der Waals surface area contributed by atoms with Crippen LogP contribution in [0.4, 0.5) is 9.59 Å². The molecule has 0 aromatic carbocycles. The van der Waals surface area contributed by atoms with Crippen LogP contribution in [-0.4, -0.2) is 55.5 Å². The van der Waals surface area contributed by atoms with E-state index in [1.807, 2.05) is 5.32 Å². The van der Waals surface area contributed by atoms with Crippen LogP contribution in [0.3, 0.4) is 0 Å². The van der Waals surface area contributed by atoms with Crippen LogP contribution in [0.15, 0.2) is 0 Å². The SMILES string of the molecule is NC(=O)OCCNC(=O)NC(=O)COCC(=O)O. The molecule has 0 heterocycles. The fourth-order valence-corrected chi connectivity index (χ4v) is 0.754. The lowest BCUT2D eigenvalue weighted by Crippen LogP contribution is -2.42. The number of aliphatic carboxylic acids is 1. The summed E-state index contributed by atoms with van der Waals surface area (Å²) in [5.74, 6) is -2.03. The number of nitrogens with two attached hydrogens (primary N) is 1. The van der Waals surface area contributed by atoms with Crippen molar-refractivity contribution in [3.05, 3.63) is 0 Å². The van der Waals surface area contributed by atoms with Gasteiger partial charge in [0.05, 0.1) is 6.54 Å². The Morgan fingerprint density at radius 2 is 1.83 bits per heavy atom. The number of nitrogens with one attached hydrogen (secondary N) is 2. The number of hydrogen-bond donors (Lipinski definition) is 4. The average molecular weight is 263 g/mol. The summed E-state index contributed by atoms with van der Waals surface area (Å²) in [5.41, 5.74) is 4.66. The first-order valence-electron chi connectivity index (χ1n) is 4.71. The highest BCUT2D eigenvalue weighted by molar-refractivity contribution is 5.94. The van der Waals surface area contributed by atoms with E-state index in [1.54, 1.807) is 0 Å². The van der Waals surface area contributed by atoms with Crippen LogP contribution in [-0.2, 0) is 19.1 Å². The van der Waals surface area contributed by atoms with Crippen molar-refractivity contribution < 1.29 is 33.8 Å². The van der Waals surface area contributed by atoms with Gasteiger partial charge in [0.25, 0.3) is 5.91 Å². The minimum atomic E-state index is -1.23. The molecule has 4 amide bonds. The second-order valence-electron chi connectivity index (χ2n) is 2.86. The second-order valence-corrected chi connectivity index (χ2v) is 2.86. The minimum absolute atomic E-state index is 0.0297. The number of amides is 4. The van der Waals surface area contributed by atoms with E-state index in [2.05, 4.69) is 20.5 Å². The average Bonchev–Trinajstić information content (AvgIpc) is 2.23. The largest absolute Gasteiger partial charge is 0.480 e. The maximum atomic E-state index is 11.0. The number of rotatable bonds is 7. The molecule has 0 aromatic rings. The Morgan fingerprint density at radius 3 is 2.39 bits per heavy atom.